The van der Waals surface area contributed by atoms with Crippen molar-refractivity contribution in [1.82, 2.24) is 14.4 Å². The normalized spacial score (nSPS) is 19.3. The van der Waals surface area contributed by atoms with Gasteiger partial charge in [-0.15, -0.1) is 0 Å². The van der Waals surface area contributed by atoms with Crippen molar-refractivity contribution in [2.75, 3.05) is 26.2 Å². The lowest BCUT2D eigenvalue weighted by Gasteiger charge is -2.24. The van der Waals surface area contributed by atoms with Crippen LogP contribution in [0.4, 0.5) is 0 Å². The summed E-state index contributed by atoms with van der Waals surface area (Å²) in [6.45, 7) is 11.2. The van der Waals surface area contributed by atoms with Crippen molar-refractivity contribution < 1.29 is 9.59 Å². The molecule has 0 atom stereocenters. The summed E-state index contributed by atoms with van der Waals surface area (Å²) in [5.41, 5.74) is 2.99. The number of hydrogen-bond acceptors (Lipinski definition) is 2. The van der Waals surface area contributed by atoms with E-state index in [0.717, 1.165) is 49.3 Å². The Morgan fingerprint density at radius 3 is 2.19 bits per heavy atom. The number of aryl methyl sites for hydroxylation is 1. The molecule has 0 aromatic carbocycles. The highest BCUT2D eigenvalue weighted by Crippen LogP contribution is 2.27. The summed E-state index contributed by atoms with van der Waals surface area (Å²) in [6, 6.07) is 2.37. The Morgan fingerprint density at radius 1 is 0.962 bits per heavy atom. The highest BCUT2D eigenvalue weighted by molar-refractivity contribution is 5.95. The van der Waals surface area contributed by atoms with Crippen molar-refractivity contribution in [2.45, 2.75) is 65.8 Å². The summed E-state index contributed by atoms with van der Waals surface area (Å²) in [5, 5.41) is 0. The molecular weight excluding hydrogens is 326 g/mol. The summed E-state index contributed by atoms with van der Waals surface area (Å²) < 4.78 is 2.22. The van der Waals surface area contributed by atoms with Gasteiger partial charge in [-0.25, -0.2) is 0 Å². The predicted molar refractivity (Wildman–Crippen MR) is 103 cm³/mol. The first kappa shape index (κ1) is 19.0. The van der Waals surface area contributed by atoms with Crippen LogP contribution in [0.15, 0.2) is 6.07 Å². The molecule has 0 unspecified atom stereocenters. The topological polar surface area (TPSA) is 45.6 Å². The second kappa shape index (κ2) is 7.85. The van der Waals surface area contributed by atoms with E-state index in [1.165, 1.54) is 12.8 Å². The Labute approximate surface area is 157 Å². The van der Waals surface area contributed by atoms with Gasteiger partial charge in [-0.05, 0) is 53.0 Å². The third-order valence-corrected chi connectivity index (χ3v) is 6.03. The van der Waals surface area contributed by atoms with Gasteiger partial charge in [0.15, 0.2) is 0 Å². The molecule has 26 heavy (non-hydrogen) atoms. The smallest absolute Gasteiger partial charge is 0.255 e. The summed E-state index contributed by atoms with van der Waals surface area (Å²) in [6.07, 6.45) is 5.31. The van der Waals surface area contributed by atoms with E-state index in [1.54, 1.807) is 0 Å². The second-order valence-corrected chi connectivity index (χ2v) is 8.20. The number of amides is 2. The highest BCUT2D eigenvalue weighted by atomic mass is 16.2. The highest BCUT2D eigenvalue weighted by Gasteiger charge is 2.30. The molecule has 0 N–H and O–H groups in total. The van der Waals surface area contributed by atoms with Crippen molar-refractivity contribution in [3.8, 4) is 0 Å². The van der Waals surface area contributed by atoms with Gasteiger partial charge in [0, 0.05) is 49.5 Å². The van der Waals surface area contributed by atoms with E-state index in [4.69, 9.17) is 0 Å². The molecule has 144 valence electrons. The van der Waals surface area contributed by atoms with Gasteiger partial charge in [-0.2, -0.15) is 0 Å². The fraction of sp³-hybridized carbons (Fsp3) is 0.714. The van der Waals surface area contributed by atoms with E-state index in [1.807, 2.05) is 22.8 Å². The molecule has 1 aliphatic heterocycles. The molecule has 5 nitrogen and oxygen atoms in total. The van der Waals surface area contributed by atoms with Crippen LogP contribution in [0.5, 0.6) is 0 Å². The fourth-order valence-electron chi connectivity index (χ4n) is 4.73. The SMILES string of the molecule is Cc1cc(C(=O)N2CCCN(C(=O)C3CCCC3)CC2)c(C)n1C(C)C. The van der Waals surface area contributed by atoms with Gasteiger partial charge in [0.1, 0.15) is 0 Å². The number of nitrogens with zero attached hydrogens (tertiary/aromatic N) is 3. The molecule has 2 fully saturated rings. The third-order valence-electron chi connectivity index (χ3n) is 6.03. The van der Waals surface area contributed by atoms with Crippen LogP contribution in [0.25, 0.3) is 0 Å². The first-order chi connectivity index (χ1) is 12.4. The average Bonchev–Trinajstić information content (AvgIpc) is 3.15. The van der Waals surface area contributed by atoms with Crippen LogP contribution >= 0.6 is 0 Å². The second-order valence-electron chi connectivity index (χ2n) is 8.20. The summed E-state index contributed by atoms with van der Waals surface area (Å²) in [4.78, 5) is 29.7. The monoisotopic (exact) mass is 359 g/mol. The number of carbonyl (C=O) groups is 2. The molecule has 0 bridgehead atoms. The Balaban J connectivity index is 1.68. The van der Waals surface area contributed by atoms with Gasteiger partial charge >= 0.3 is 0 Å². The van der Waals surface area contributed by atoms with Gasteiger partial charge in [-0.1, -0.05) is 12.8 Å². The average molecular weight is 360 g/mol. The van der Waals surface area contributed by atoms with Gasteiger partial charge in [0.25, 0.3) is 5.91 Å². The zero-order chi connectivity index (χ0) is 18.8. The van der Waals surface area contributed by atoms with E-state index in [-0.39, 0.29) is 11.8 Å². The predicted octanol–water partition coefficient (Wildman–Crippen LogP) is 3.55. The molecule has 1 aromatic heterocycles. The van der Waals surface area contributed by atoms with Crippen molar-refractivity contribution in [1.29, 1.82) is 0 Å². The zero-order valence-corrected chi connectivity index (χ0v) is 16.8. The van der Waals surface area contributed by atoms with E-state index in [9.17, 15) is 9.59 Å². The summed E-state index contributed by atoms with van der Waals surface area (Å²) in [5.74, 6) is 0.650. The molecule has 2 amide bonds. The summed E-state index contributed by atoms with van der Waals surface area (Å²) >= 11 is 0. The van der Waals surface area contributed by atoms with Crippen molar-refractivity contribution in [3.05, 3.63) is 23.0 Å². The molecule has 1 saturated heterocycles. The van der Waals surface area contributed by atoms with Gasteiger partial charge < -0.3 is 14.4 Å². The van der Waals surface area contributed by atoms with E-state index >= 15 is 0 Å². The van der Waals surface area contributed by atoms with Gasteiger partial charge in [0.2, 0.25) is 5.91 Å². The van der Waals surface area contributed by atoms with Crippen LogP contribution < -0.4 is 0 Å². The maximum atomic E-state index is 13.1. The first-order valence-corrected chi connectivity index (χ1v) is 10.2. The van der Waals surface area contributed by atoms with Crippen molar-refractivity contribution in [2.24, 2.45) is 5.92 Å². The lowest BCUT2D eigenvalue weighted by Crippen LogP contribution is -2.39. The van der Waals surface area contributed by atoms with Gasteiger partial charge in [0.05, 0.1) is 5.56 Å². The first-order valence-electron chi connectivity index (χ1n) is 10.2. The maximum Gasteiger partial charge on any atom is 0.255 e. The number of carbonyl (C=O) groups excluding carboxylic acids is 2. The lowest BCUT2D eigenvalue weighted by molar-refractivity contribution is -0.135. The Morgan fingerprint density at radius 2 is 1.58 bits per heavy atom. The Kier molecular flexibility index (Phi) is 5.73. The molecule has 1 aliphatic carbocycles. The zero-order valence-electron chi connectivity index (χ0n) is 16.8. The van der Waals surface area contributed by atoms with Crippen LogP contribution in [0.2, 0.25) is 0 Å². The minimum absolute atomic E-state index is 0.111. The number of hydrogen-bond donors (Lipinski definition) is 0. The molecule has 0 spiro atoms. The molecule has 5 heteroatoms. The van der Waals surface area contributed by atoms with E-state index in [2.05, 4.69) is 25.3 Å². The van der Waals surface area contributed by atoms with Crippen molar-refractivity contribution in [3.63, 3.8) is 0 Å². The lowest BCUT2D eigenvalue weighted by atomic mass is 10.1. The van der Waals surface area contributed by atoms with Crippen LogP contribution in [-0.4, -0.2) is 52.4 Å². The minimum Gasteiger partial charge on any atom is -0.346 e. The van der Waals surface area contributed by atoms with E-state index < -0.39 is 0 Å². The van der Waals surface area contributed by atoms with Crippen LogP contribution in [0, 0.1) is 19.8 Å². The molecule has 0 radical (unpaired) electrons. The quantitative estimate of drug-likeness (QED) is 0.828. The van der Waals surface area contributed by atoms with E-state index in [0.29, 0.717) is 25.0 Å². The third kappa shape index (κ3) is 3.67. The Bertz CT molecular complexity index is 671. The van der Waals surface area contributed by atoms with Crippen molar-refractivity contribution >= 4 is 11.8 Å². The number of rotatable bonds is 3. The minimum atomic E-state index is 0.111. The fourth-order valence-corrected chi connectivity index (χ4v) is 4.73. The van der Waals surface area contributed by atoms with Crippen LogP contribution in [0.3, 0.4) is 0 Å². The molecule has 3 rings (SSSR count). The maximum absolute atomic E-state index is 13.1. The van der Waals surface area contributed by atoms with Crippen LogP contribution in [0.1, 0.15) is 73.7 Å². The molecular formula is C21H33N3O2. The largest absolute Gasteiger partial charge is 0.346 e. The molecule has 1 aromatic rings. The van der Waals surface area contributed by atoms with Gasteiger partial charge in [-0.3, -0.25) is 9.59 Å². The van der Waals surface area contributed by atoms with Crippen LogP contribution in [-0.2, 0) is 4.79 Å². The molecule has 2 aliphatic rings. The molecule has 2 heterocycles. The molecule has 1 saturated carbocycles. The number of aromatic nitrogens is 1. The standard InChI is InChI=1S/C21H33N3O2/c1-15(2)24-16(3)14-19(17(24)4)21(26)23-11-7-10-22(12-13-23)20(25)18-8-5-6-9-18/h14-15,18H,5-13H2,1-4H3. The Hall–Kier alpha value is -1.78. The summed E-state index contributed by atoms with van der Waals surface area (Å²) in [7, 11) is 0.